The van der Waals surface area contributed by atoms with E-state index < -0.39 is 39.7 Å². The quantitative estimate of drug-likeness (QED) is 0.123. The lowest BCUT2D eigenvalue weighted by Gasteiger charge is -2.29. The SMILES string of the molecule is O=C(COc1ccc([C@H]2c3sc(=O)[nH]c3SC3C(=O)N(c4ccc([N+](=O)[O-])cc4)C(=O)C32)cc1)Nc1ccc(O)cc1. The van der Waals surface area contributed by atoms with Crippen LogP contribution in [0.4, 0.5) is 17.1 Å². The van der Waals surface area contributed by atoms with E-state index in [0.717, 1.165) is 28.0 Å². The van der Waals surface area contributed by atoms with E-state index in [4.69, 9.17) is 4.74 Å². The number of aromatic amines is 1. The number of amides is 3. The van der Waals surface area contributed by atoms with Crippen LogP contribution in [-0.4, -0.2) is 44.6 Å². The number of nitro benzene ring substituents is 1. The summed E-state index contributed by atoms with van der Waals surface area (Å²) in [4.78, 5) is 66.5. The number of nitrogens with one attached hydrogen (secondary N) is 2. The van der Waals surface area contributed by atoms with Crippen molar-refractivity contribution < 1.29 is 29.2 Å². The zero-order valence-corrected chi connectivity index (χ0v) is 23.0. The lowest BCUT2D eigenvalue weighted by molar-refractivity contribution is -0.384. The number of hydrogen-bond acceptors (Lipinski definition) is 10. The molecular formula is C28H20N4O8S2. The standard InChI is InChI=1S/C28H20N4O8S2/c33-18-9-3-15(4-10-18)29-20(34)13-40-19-11-1-14(2-12-19)21-22-24(41-25-23(21)42-28(37)30-25)27(36)31(26(22)35)16-5-7-17(8-6-16)32(38)39/h1-12,21-22,24,33H,13H2,(H,29,34)(H,30,37)/t21-,22?,24?/m1/s1. The number of thioether (sulfide) groups is 1. The molecule has 1 saturated heterocycles. The van der Waals surface area contributed by atoms with Crippen LogP contribution in [0, 0.1) is 16.0 Å². The Balaban J connectivity index is 1.24. The number of thiazole rings is 1. The molecule has 3 amide bonds. The van der Waals surface area contributed by atoms with E-state index in [0.29, 0.717) is 26.9 Å². The first kappa shape index (κ1) is 27.2. The first-order chi connectivity index (χ1) is 20.2. The molecule has 2 unspecified atom stereocenters. The number of ether oxygens (including phenoxy) is 1. The van der Waals surface area contributed by atoms with Crippen LogP contribution in [0.1, 0.15) is 16.4 Å². The number of benzene rings is 3. The number of carbonyl (C=O) groups excluding carboxylic acids is 3. The molecule has 3 N–H and O–H groups in total. The number of non-ortho nitro benzene ring substituents is 1. The number of phenols is 1. The van der Waals surface area contributed by atoms with Crippen molar-refractivity contribution in [2.24, 2.45) is 5.92 Å². The topological polar surface area (TPSA) is 172 Å². The van der Waals surface area contributed by atoms with Crippen LogP contribution in [0.3, 0.4) is 0 Å². The minimum absolute atomic E-state index is 0.0778. The highest BCUT2D eigenvalue weighted by atomic mass is 32.2. The Morgan fingerprint density at radius 3 is 2.36 bits per heavy atom. The van der Waals surface area contributed by atoms with Crippen LogP contribution in [-0.2, 0) is 14.4 Å². The number of rotatable bonds is 7. The fourth-order valence-electron chi connectivity index (χ4n) is 5.02. The maximum atomic E-state index is 13.8. The number of aromatic hydroxyl groups is 1. The minimum atomic E-state index is -0.820. The highest BCUT2D eigenvalue weighted by molar-refractivity contribution is 8.00. The van der Waals surface area contributed by atoms with Crippen LogP contribution in [0.5, 0.6) is 11.5 Å². The molecule has 0 bridgehead atoms. The first-order valence-electron chi connectivity index (χ1n) is 12.5. The average molecular weight is 605 g/mol. The van der Waals surface area contributed by atoms with Gasteiger partial charge in [-0.25, -0.2) is 4.90 Å². The molecular weight excluding hydrogens is 584 g/mol. The van der Waals surface area contributed by atoms with E-state index in [1.54, 1.807) is 36.4 Å². The van der Waals surface area contributed by atoms with E-state index in [-0.39, 0.29) is 28.6 Å². The zero-order chi connectivity index (χ0) is 29.5. The van der Waals surface area contributed by atoms with Crippen molar-refractivity contribution in [3.63, 3.8) is 0 Å². The van der Waals surface area contributed by atoms with Gasteiger partial charge in [-0.3, -0.25) is 29.3 Å². The Morgan fingerprint density at radius 1 is 1.00 bits per heavy atom. The first-order valence-corrected chi connectivity index (χ1v) is 14.2. The van der Waals surface area contributed by atoms with Crippen LogP contribution in [0.15, 0.2) is 82.6 Å². The van der Waals surface area contributed by atoms with Crippen molar-refractivity contribution in [2.45, 2.75) is 16.2 Å². The fraction of sp³-hybridized carbons (Fsp3) is 0.143. The molecule has 4 aromatic rings. The number of hydrogen-bond donors (Lipinski definition) is 3. The molecule has 0 saturated carbocycles. The summed E-state index contributed by atoms with van der Waals surface area (Å²) in [5.41, 5.74) is 1.24. The lowest BCUT2D eigenvalue weighted by atomic mass is 9.83. The van der Waals surface area contributed by atoms with Gasteiger partial charge in [-0.2, -0.15) is 0 Å². The van der Waals surface area contributed by atoms with Crippen molar-refractivity contribution in [1.29, 1.82) is 0 Å². The summed E-state index contributed by atoms with van der Waals surface area (Å²) in [6, 6.07) is 18.0. The van der Waals surface area contributed by atoms with Gasteiger partial charge in [-0.05, 0) is 54.1 Å². The molecule has 0 spiro atoms. The number of carbonyl (C=O) groups is 3. The molecule has 42 heavy (non-hydrogen) atoms. The number of nitro groups is 1. The van der Waals surface area contributed by atoms with Gasteiger partial charge in [0, 0.05) is 28.6 Å². The predicted molar refractivity (Wildman–Crippen MR) is 154 cm³/mol. The second-order valence-corrected chi connectivity index (χ2v) is 11.7. The van der Waals surface area contributed by atoms with Gasteiger partial charge in [0.25, 0.3) is 11.6 Å². The van der Waals surface area contributed by atoms with Gasteiger partial charge in [-0.1, -0.05) is 35.2 Å². The lowest BCUT2D eigenvalue weighted by Crippen LogP contribution is -2.32. The molecule has 1 aromatic heterocycles. The van der Waals surface area contributed by atoms with E-state index in [1.165, 1.54) is 36.4 Å². The third-order valence-electron chi connectivity index (χ3n) is 6.90. The molecule has 212 valence electrons. The third-order valence-corrected chi connectivity index (χ3v) is 9.30. The zero-order valence-electron chi connectivity index (χ0n) is 21.4. The average Bonchev–Trinajstić information content (AvgIpc) is 3.47. The maximum Gasteiger partial charge on any atom is 0.305 e. The van der Waals surface area contributed by atoms with Crippen LogP contribution in [0.2, 0.25) is 0 Å². The molecule has 3 aromatic carbocycles. The molecule has 2 aliphatic rings. The van der Waals surface area contributed by atoms with E-state index in [1.807, 2.05) is 0 Å². The summed E-state index contributed by atoms with van der Waals surface area (Å²) < 4.78 is 5.61. The number of phenolic OH excluding ortho intramolecular Hbond substituents is 1. The highest BCUT2D eigenvalue weighted by Gasteiger charge is 2.56. The normalized spacial score (nSPS) is 19.2. The summed E-state index contributed by atoms with van der Waals surface area (Å²) in [5, 5.41) is 22.8. The fourth-order valence-corrected chi connectivity index (χ4v) is 7.53. The van der Waals surface area contributed by atoms with E-state index >= 15 is 0 Å². The predicted octanol–water partition coefficient (Wildman–Crippen LogP) is 3.86. The Labute approximate surface area is 245 Å². The van der Waals surface area contributed by atoms with Gasteiger partial charge < -0.3 is 20.1 Å². The molecule has 2 aliphatic heterocycles. The summed E-state index contributed by atoms with van der Waals surface area (Å²) in [6.45, 7) is -0.272. The molecule has 14 heteroatoms. The number of anilines is 2. The maximum absolute atomic E-state index is 13.8. The van der Waals surface area contributed by atoms with Gasteiger partial charge in [0.1, 0.15) is 16.7 Å². The Bertz CT molecular complexity index is 1770. The van der Waals surface area contributed by atoms with Crippen LogP contribution < -0.4 is 19.8 Å². The van der Waals surface area contributed by atoms with Gasteiger partial charge in [0.05, 0.1) is 21.6 Å². The number of fused-ring (bicyclic) bond motifs is 2. The van der Waals surface area contributed by atoms with Gasteiger partial charge in [0.2, 0.25) is 11.8 Å². The van der Waals surface area contributed by atoms with Crippen molar-refractivity contribution >= 4 is 57.9 Å². The van der Waals surface area contributed by atoms with Gasteiger partial charge in [0.15, 0.2) is 6.61 Å². The van der Waals surface area contributed by atoms with E-state index in [2.05, 4.69) is 10.3 Å². The Hall–Kier alpha value is -4.95. The van der Waals surface area contributed by atoms with Crippen molar-refractivity contribution in [2.75, 3.05) is 16.8 Å². The molecule has 3 atom stereocenters. The molecule has 6 rings (SSSR count). The Morgan fingerprint density at radius 2 is 1.69 bits per heavy atom. The van der Waals surface area contributed by atoms with Crippen molar-refractivity contribution in [1.82, 2.24) is 4.98 Å². The number of aromatic nitrogens is 1. The smallest absolute Gasteiger partial charge is 0.305 e. The summed E-state index contributed by atoms with van der Waals surface area (Å²) in [7, 11) is 0. The van der Waals surface area contributed by atoms with Crippen LogP contribution >= 0.6 is 23.1 Å². The molecule has 12 nitrogen and oxygen atoms in total. The second-order valence-electron chi connectivity index (χ2n) is 9.49. The Kier molecular flexibility index (Phi) is 7.00. The largest absolute Gasteiger partial charge is 0.508 e. The number of imide groups is 1. The minimum Gasteiger partial charge on any atom is -0.508 e. The van der Waals surface area contributed by atoms with Crippen molar-refractivity contribution in [3.05, 3.63) is 103 Å². The van der Waals surface area contributed by atoms with Crippen LogP contribution in [0.25, 0.3) is 0 Å². The highest BCUT2D eigenvalue weighted by Crippen LogP contribution is 2.53. The third kappa shape index (κ3) is 5.01. The molecule has 1 fully saturated rings. The second kappa shape index (κ2) is 10.8. The molecule has 0 aliphatic carbocycles. The summed E-state index contributed by atoms with van der Waals surface area (Å²) in [6.07, 6.45) is 0. The van der Waals surface area contributed by atoms with Gasteiger partial charge >= 0.3 is 4.87 Å². The van der Waals surface area contributed by atoms with Gasteiger partial charge in [-0.15, -0.1) is 0 Å². The van der Waals surface area contributed by atoms with Crippen molar-refractivity contribution in [3.8, 4) is 11.5 Å². The summed E-state index contributed by atoms with van der Waals surface area (Å²) >= 11 is 2.11. The van der Waals surface area contributed by atoms with E-state index in [9.17, 15) is 34.4 Å². The summed E-state index contributed by atoms with van der Waals surface area (Å²) in [5.74, 6) is -2.29. The number of nitrogens with zero attached hydrogens (tertiary/aromatic N) is 2. The molecule has 3 heterocycles. The monoisotopic (exact) mass is 604 g/mol. The number of H-pyrrole nitrogens is 1. The molecule has 0 radical (unpaired) electrons.